The molecule has 1 aliphatic rings. The van der Waals surface area contributed by atoms with E-state index in [4.69, 9.17) is 5.11 Å². The molecule has 1 unspecified atom stereocenters. The lowest BCUT2D eigenvalue weighted by Gasteiger charge is -2.23. The number of thioether (sulfide) groups is 1. The van der Waals surface area contributed by atoms with Crippen LogP contribution >= 0.6 is 27.7 Å². The zero-order valence-corrected chi connectivity index (χ0v) is 11.3. The van der Waals surface area contributed by atoms with Gasteiger partial charge < -0.3 is 10.0 Å². The van der Waals surface area contributed by atoms with E-state index in [1.807, 2.05) is 0 Å². The lowest BCUT2D eigenvalue weighted by atomic mass is 10.2. The zero-order valence-electron chi connectivity index (χ0n) is 8.90. The maximum Gasteiger partial charge on any atom is 0.233 e. The summed E-state index contributed by atoms with van der Waals surface area (Å²) in [6.07, 6.45) is 0. The first kappa shape index (κ1) is 12.9. The first-order valence-electron chi connectivity index (χ1n) is 5.10. The molecule has 2 rings (SSSR count). The molecule has 1 fully saturated rings. The van der Waals surface area contributed by atoms with Crippen molar-refractivity contribution >= 4 is 33.6 Å². The van der Waals surface area contributed by atoms with Crippen molar-refractivity contribution < 1.29 is 14.3 Å². The van der Waals surface area contributed by atoms with E-state index >= 15 is 0 Å². The molecule has 1 atom stereocenters. The summed E-state index contributed by atoms with van der Waals surface area (Å²) in [5.74, 6) is 0.0888. The van der Waals surface area contributed by atoms with Crippen LogP contribution in [0.15, 0.2) is 22.7 Å². The molecule has 0 bridgehead atoms. The molecule has 0 saturated carbocycles. The molecule has 1 aromatic carbocycles. The van der Waals surface area contributed by atoms with Gasteiger partial charge in [-0.05, 0) is 33.6 Å². The highest BCUT2D eigenvalue weighted by Crippen LogP contribution is 2.39. The van der Waals surface area contributed by atoms with Gasteiger partial charge in [0.2, 0.25) is 5.91 Å². The van der Waals surface area contributed by atoms with E-state index < -0.39 is 0 Å². The summed E-state index contributed by atoms with van der Waals surface area (Å²) in [5, 5.41) is 8.80. The molecule has 92 valence electrons. The first-order chi connectivity index (χ1) is 8.13. The highest BCUT2D eigenvalue weighted by Gasteiger charge is 2.32. The second-order valence-corrected chi connectivity index (χ2v) is 5.57. The van der Waals surface area contributed by atoms with E-state index in [9.17, 15) is 9.18 Å². The van der Waals surface area contributed by atoms with Gasteiger partial charge in [-0.15, -0.1) is 11.8 Å². The Morgan fingerprint density at radius 3 is 3.00 bits per heavy atom. The number of carbonyl (C=O) groups excluding carboxylic acids is 1. The molecule has 0 radical (unpaired) electrons. The van der Waals surface area contributed by atoms with Gasteiger partial charge in [0, 0.05) is 6.54 Å². The Bertz CT molecular complexity index is 443. The number of benzene rings is 1. The average molecular weight is 320 g/mol. The summed E-state index contributed by atoms with van der Waals surface area (Å²) >= 11 is 4.62. The molecule has 1 saturated heterocycles. The fraction of sp³-hybridized carbons (Fsp3) is 0.364. The van der Waals surface area contributed by atoms with Crippen molar-refractivity contribution in [3.8, 4) is 0 Å². The van der Waals surface area contributed by atoms with Gasteiger partial charge in [0.05, 0.1) is 16.8 Å². The topological polar surface area (TPSA) is 40.5 Å². The van der Waals surface area contributed by atoms with E-state index in [0.29, 0.717) is 16.8 Å². The summed E-state index contributed by atoms with van der Waals surface area (Å²) in [7, 11) is 0. The third-order valence-corrected chi connectivity index (χ3v) is 4.40. The van der Waals surface area contributed by atoms with Crippen LogP contribution in [-0.4, -0.2) is 34.8 Å². The molecule has 0 spiro atoms. The van der Waals surface area contributed by atoms with Crippen LogP contribution in [0.2, 0.25) is 0 Å². The van der Waals surface area contributed by atoms with Crippen LogP contribution in [0.3, 0.4) is 0 Å². The fourth-order valence-electron chi connectivity index (χ4n) is 1.75. The molecule has 6 heteroatoms. The third-order valence-electron chi connectivity index (χ3n) is 2.54. The number of aliphatic hydroxyl groups excluding tert-OH is 1. The number of halogens is 2. The van der Waals surface area contributed by atoms with Crippen LogP contribution < -0.4 is 0 Å². The van der Waals surface area contributed by atoms with Gasteiger partial charge >= 0.3 is 0 Å². The molecule has 1 N–H and O–H groups in total. The van der Waals surface area contributed by atoms with Crippen molar-refractivity contribution in [1.82, 2.24) is 4.90 Å². The summed E-state index contributed by atoms with van der Waals surface area (Å²) in [6, 6.07) is 4.72. The van der Waals surface area contributed by atoms with Gasteiger partial charge in [-0.1, -0.05) is 6.07 Å². The van der Waals surface area contributed by atoms with Crippen LogP contribution in [0.1, 0.15) is 10.9 Å². The van der Waals surface area contributed by atoms with Crippen LogP contribution in [0.4, 0.5) is 4.39 Å². The number of hydrogen-bond acceptors (Lipinski definition) is 3. The molecular formula is C11H11BrFNO2S. The van der Waals surface area contributed by atoms with Crippen molar-refractivity contribution in [1.29, 1.82) is 0 Å². The number of nitrogens with zero attached hydrogens (tertiary/aromatic N) is 1. The molecule has 0 aliphatic carbocycles. The van der Waals surface area contributed by atoms with Gasteiger partial charge in [0.25, 0.3) is 0 Å². The van der Waals surface area contributed by atoms with Crippen LogP contribution in [0, 0.1) is 5.82 Å². The Morgan fingerprint density at radius 1 is 1.59 bits per heavy atom. The van der Waals surface area contributed by atoms with E-state index in [0.717, 1.165) is 5.56 Å². The van der Waals surface area contributed by atoms with Crippen molar-refractivity contribution in [2.45, 2.75) is 5.37 Å². The number of amides is 1. The Morgan fingerprint density at radius 2 is 2.35 bits per heavy atom. The average Bonchev–Trinajstić information content (AvgIpc) is 2.66. The molecule has 1 aliphatic heterocycles. The SMILES string of the molecule is O=C1CSC(c2ccc(F)c(Br)c2)N1CCO. The maximum absolute atomic E-state index is 13.1. The number of rotatable bonds is 3. The van der Waals surface area contributed by atoms with Gasteiger partial charge in [-0.2, -0.15) is 0 Å². The van der Waals surface area contributed by atoms with E-state index in [2.05, 4.69) is 15.9 Å². The van der Waals surface area contributed by atoms with Crippen LogP contribution in [0.5, 0.6) is 0 Å². The Balaban J connectivity index is 2.26. The fourth-order valence-corrected chi connectivity index (χ4v) is 3.35. The van der Waals surface area contributed by atoms with Crippen molar-refractivity contribution in [2.24, 2.45) is 0 Å². The molecule has 3 nitrogen and oxygen atoms in total. The van der Waals surface area contributed by atoms with Crippen molar-refractivity contribution in [2.75, 3.05) is 18.9 Å². The van der Waals surface area contributed by atoms with Gasteiger partial charge in [-0.3, -0.25) is 4.79 Å². The second kappa shape index (κ2) is 5.37. The van der Waals surface area contributed by atoms with Gasteiger partial charge in [0.1, 0.15) is 11.2 Å². The number of carbonyl (C=O) groups is 1. The minimum absolute atomic E-state index is 0.00879. The van der Waals surface area contributed by atoms with Crippen molar-refractivity contribution in [3.05, 3.63) is 34.1 Å². The Hall–Kier alpha value is -0.590. The summed E-state index contributed by atoms with van der Waals surface area (Å²) in [4.78, 5) is 13.2. The monoisotopic (exact) mass is 319 g/mol. The smallest absolute Gasteiger partial charge is 0.233 e. The third kappa shape index (κ3) is 2.64. The maximum atomic E-state index is 13.1. The quantitative estimate of drug-likeness (QED) is 0.928. The van der Waals surface area contributed by atoms with Crippen LogP contribution in [0.25, 0.3) is 0 Å². The number of β-amino-alcohol motifs (C(OH)–C–C–N with tert-alkyl or cyclic N) is 1. The Kier molecular flexibility index (Phi) is 4.06. The number of hydrogen-bond donors (Lipinski definition) is 1. The normalized spacial score (nSPS) is 20.1. The largest absolute Gasteiger partial charge is 0.395 e. The van der Waals surface area contributed by atoms with Gasteiger partial charge in [0.15, 0.2) is 0 Å². The van der Waals surface area contributed by atoms with E-state index in [1.165, 1.54) is 17.8 Å². The molecular weight excluding hydrogens is 309 g/mol. The summed E-state index contributed by atoms with van der Waals surface area (Å²) in [5.41, 5.74) is 0.863. The lowest BCUT2D eigenvalue weighted by molar-refractivity contribution is -0.128. The molecule has 1 heterocycles. The van der Waals surface area contributed by atoms with Crippen molar-refractivity contribution in [3.63, 3.8) is 0 Å². The van der Waals surface area contributed by atoms with Gasteiger partial charge in [-0.25, -0.2) is 4.39 Å². The van der Waals surface area contributed by atoms with E-state index in [-0.39, 0.29) is 23.7 Å². The minimum atomic E-state index is -0.322. The summed E-state index contributed by atoms with van der Waals surface area (Å²) in [6.45, 7) is 0.247. The Labute approximate surface area is 111 Å². The highest BCUT2D eigenvalue weighted by atomic mass is 79.9. The molecule has 0 aromatic heterocycles. The number of aliphatic hydroxyl groups is 1. The predicted molar refractivity (Wildman–Crippen MR) is 68.1 cm³/mol. The molecule has 1 amide bonds. The van der Waals surface area contributed by atoms with Crippen LogP contribution in [-0.2, 0) is 4.79 Å². The zero-order chi connectivity index (χ0) is 12.4. The molecule has 17 heavy (non-hydrogen) atoms. The minimum Gasteiger partial charge on any atom is -0.395 e. The standard InChI is InChI=1S/C11H11BrFNO2S/c12-8-5-7(1-2-9(8)13)11-14(3-4-15)10(16)6-17-11/h1-2,5,11,15H,3-4,6H2. The second-order valence-electron chi connectivity index (χ2n) is 3.65. The van der Waals surface area contributed by atoms with E-state index in [1.54, 1.807) is 17.0 Å². The predicted octanol–water partition coefficient (Wildman–Crippen LogP) is 2.15. The molecule has 1 aromatic rings. The lowest BCUT2D eigenvalue weighted by Crippen LogP contribution is -2.30. The first-order valence-corrected chi connectivity index (χ1v) is 6.94. The summed E-state index contributed by atoms with van der Waals surface area (Å²) < 4.78 is 13.5. The highest BCUT2D eigenvalue weighted by molar-refractivity contribution is 9.10.